The Hall–Kier alpha value is -1.16. The van der Waals surface area contributed by atoms with Gasteiger partial charge in [-0.05, 0) is 43.4 Å². The maximum atomic E-state index is 13.7. The van der Waals surface area contributed by atoms with Crippen LogP contribution in [0.5, 0.6) is 0 Å². The van der Waals surface area contributed by atoms with E-state index in [9.17, 15) is 18.0 Å². The van der Waals surface area contributed by atoms with Gasteiger partial charge in [-0.25, -0.2) is 8.42 Å². The van der Waals surface area contributed by atoms with Crippen molar-refractivity contribution in [2.75, 3.05) is 13.4 Å². The number of Topliss-reactive ketones (excluding diaryl/α,β-unsaturated/α-hetero) is 1. The fourth-order valence-electron chi connectivity index (χ4n) is 3.87. The summed E-state index contributed by atoms with van der Waals surface area (Å²) < 4.78 is 37.9. The minimum Gasteiger partial charge on any atom is -0.469 e. The van der Waals surface area contributed by atoms with Crippen molar-refractivity contribution in [3.63, 3.8) is 0 Å². The summed E-state index contributed by atoms with van der Waals surface area (Å²) in [7, 11) is -4.80. The van der Waals surface area contributed by atoms with Crippen LogP contribution in [0.2, 0.25) is 18.1 Å². The van der Waals surface area contributed by atoms with E-state index in [4.69, 9.17) is 9.16 Å². The van der Waals surface area contributed by atoms with Gasteiger partial charge in [0.1, 0.15) is 10.4 Å². The van der Waals surface area contributed by atoms with E-state index in [1.165, 1.54) is 18.9 Å². The molecule has 1 saturated carbocycles. The molecule has 6 nitrogen and oxygen atoms in total. The van der Waals surface area contributed by atoms with Gasteiger partial charge in [-0.15, -0.1) is 11.8 Å². The molecule has 180 valence electrons. The van der Waals surface area contributed by atoms with Gasteiger partial charge < -0.3 is 9.16 Å². The summed E-state index contributed by atoms with van der Waals surface area (Å²) in [6.07, 6.45) is 1.14. The Morgan fingerprint density at radius 3 is 2.25 bits per heavy atom. The van der Waals surface area contributed by atoms with Crippen molar-refractivity contribution >= 4 is 41.7 Å². The number of rotatable bonds is 8. The molecule has 2 rings (SSSR count). The topological polar surface area (TPSA) is 86.7 Å². The molecule has 1 aliphatic carbocycles. The second-order valence-electron chi connectivity index (χ2n) is 10.0. The standard InChI is InChI=1S/C23H36O6S2Si/c1-15-9-11-16(12-10-15)31(26,27)22(30-6)21-17(13-20(25)28-5)18(24)14-19(21)29-32(7,8)23(2,3)4/h9-12,17,19,21-22H,13-14H2,1-8H3/t17-,19+,21-,22?/m0/s1. The zero-order valence-corrected chi connectivity index (χ0v) is 22.9. The molecule has 0 bridgehead atoms. The van der Waals surface area contributed by atoms with E-state index in [1.807, 2.05) is 6.92 Å². The third-order valence-corrected chi connectivity index (χ3v) is 15.3. The second-order valence-corrected chi connectivity index (χ2v) is 18.1. The van der Waals surface area contributed by atoms with Crippen molar-refractivity contribution in [2.45, 2.75) is 74.3 Å². The number of carbonyl (C=O) groups is 2. The predicted molar refractivity (Wildman–Crippen MR) is 131 cm³/mol. The maximum Gasteiger partial charge on any atom is 0.306 e. The fraction of sp³-hybridized carbons (Fsp3) is 0.652. The van der Waals surface area contributed by atoms with E-state index < -0.39 is 46.6 Å². The van der Waals surface area contributed by atoms with Crippen molar-refractivity contribution < 1.29 is 27.2 Å². The monoisotopic (exact) mass is 500 g/mol. The molecule has 0 amide bonds. The van der Waals surface area contributed by atoms with Gasteiger partial charge in [-0.1, -0.05) is 38.5 Å². The minimum absolute atomic E-state index is 0.105. The average Bonchev–Trinajstić information content (AvgIpc) is 2.96. The first-order valence-electron chi connectivity index (χ1n) is 10.8. The number of hydrogen-bond acceptors (Lipinski definition) is 7. The highest BCUT2D eigenvalue weighted by Gasteiger charge is 2.54. The molecular weight excluding hydrogens is 464 g/mol. The lowest BCUT2D eigenvalue weighted by atomic mass is 9.92. The lowest BCUT2D eigenvalue weighted by Crippen LogP contribution is -2.47. The summed E-state index contributed by atoms with van der Waals surface area (Å²) in [4.78, 5) is 25.4. The van der Waals surface area contributed by atoms with Gasteiger partial charge in [0.15, 0.2) is 18.2 Å². The van der Waals surface area contributed by atoms with Crippen LogP contribution >= 0.6 is 11.8 Å². The normalized spacial score (nSPS) is 23.2. The van der Waals surface area contributed by atoms with Gasteiger partial charge >= 0.3 is 5.97 Å². The molecule has 1 aromatic rings. The van der Waals surface area contributed by atoms with Crippen LogP contribution in [0.4, 0.5) is 0 Å². The van der Waals surface area contributed by atoms with Gasteiger partial charge in [-0.3, -0.25) is 9.59 Å². The first kappa shape index (κ1) is 27.1. The third kappa shape index (κ3) is 5.66. The molecule has 4 atom stereocenters. The van der Waals surface area contributed by atoms with Gasteiger partial charge in [0.05, 0.1) is 24.5 Å². The Kier molecular flexibility index (Phi) is 8.46. The van der Waals surface area contributed by atoms with E-state index in [-0.39, 0.29) is 28.6 Å². The van der Waals surface area contributed by atoms with Crippen LogP contribution in [0.1, 0.15) is 39.2 Å². The number of carbonyl (C=O) groups excluding carboxylic acids is 2. The average molecular weight is 501 g/mol. The van der Waals surface area contributed by atoms with Crippen molar-refractivity contribution in [3.8, 4) is 0 Å². The van der Waals surface area contributed by atoms with Crippen LogP contribution < -0.4 is 0 Å². The van der Waals surface area contributed by atoms with Crippen LogP contribution in [0, 0.1) is 18.8 Å². The molecule has 32 heavy (non-hydrogen) atoms. The van der Waals surface area contributed by atoms with Gasteiger partial charge in [0, 0.05) is 18.3 Å². The largest absolute Gasteiger partial charge is 0.469 e. The smallest absolute Gasteiger partial charge is 0.306 e. The quantitative estimate of drug-likeness (QED) is 0.380. The molecule has 1 unspecified atom stereocenters. The Bertz CT molecular complexity index is 934. The SMILES string of the molecule is COC(=O)C[C@H]1C(=O)C[C@@H](O[Si](C)(C)C(C)(C)C)[C@H]1C(SC)S(=O)(=O)c1ccc(C)cc1. The molecule has 0 aromatic heterocycles. The first-order chi connectivity index (χ1) is 14.7. The number of sulfone groups is 1. The zero-order valence-electron chi connectivity index (χ0n) is 20.3. The van der Waals surface area contributed by atoms with E-state index >= 15 is 0 Å². The second kappa shape index (κ2) is 9.99. The Morgan fingerprint density at radius 2 is 1.78 bits per heavy atom. The molecule has 0 radical (unpaired) electrons. The van der Waals surface area contributed by atoms with E-state index in [0.29, 0.717) is 0 Å². The molecular formula is C23H36O6S2Si. The molecule has 0 spiro atoms. The Morgan fingerprint density at radius 1 is 1.22 bits per heavy atom. The number of ether oxygens (including phenoxy) is 1. The molecule has 1 aromatic carbocycles. The molecule has 0 saturated heterocycles. The molecule has 1 fully saturated rings. The summed E-state index contributed by atoms with van der Waals surface area (Å²) in [5.41, 5.74) is 0.961. The molecule has 9 heteroatoms. The molecule has 0 heterocycles. The van der Waals surface area contributed by atoms with E-state index in [0.717, 1.165) is 5.56 Å². The highest BCUT2D eigenvalue weighted by molar-refractivity contribution is 8.13. The van der Waals surface area contributed by atoms with Gasteiger partial charge in [-0.2, -0.15) is 0 Å². The highest BCUT2D eigenvalue weighted by Crippen LogP contribution is 2.47. The summed E-state index contributed by atoms with van der Waals surface area (Å²) in [6.45, 7) is 12.4. The summed E-state index contributed by atoms with van der Waals surface area (Å²) in [5.74, 6) is -2.05. The predicted octanol–water partition coefficient (Wildman–Crippen LogP) is 4.62. The summed E-state index contributed by atoms with van der Waals surface area (Å²) in [6, 6.07) is 6.73. The number of methoxy groups -OCH3 is 1. The van der Waals surface area contributed by atoms with Gasteiger partial charge in [0.25, 0.3) is 0 Å². The van der Waals surface area contributed by atoms with Crippen LogP contribution in [-0.2, 0) is 28.6 Å². The van der Waals surface area contributed by atoms with Crippen molar-refractivity contribution in [2.24, 2.45) is 11.8 Å². The fourth-order valence-corrected chi connectivity index (χ4v) is 8.80. The first-order valence-corrected chi connectivity index (χ1v) is 16.5. The number of ketones is 1. The maximum absolute atomic E-state index is 13.7. The lowest BCUT2D eigenvalue weighted by molar-refractivity contribution is -0.143. The zero-order chi connectivity index (χ0) is 24.5. The number of benzene rings is 1. The van der Waals surface area contributed by atoms with Crippen LogP contribution in [0.15, 0.2) is 29.2 Å². The van der Waals surface area contributed by atoms with Crippen LogP contribution in [0.25, 0.3) is 0 Å². The number of esters is 1. The Balaban J connectivity index is 2.55. The molecule has 0 N–H and O–H groups in total. The summed E-state index contributed by atoms with van der Waals surface area (Å²) >= 11 is 1.19. The van der Waals surface area contributed by atoms with Crippen molar-refractivity contribution in [3.05, 3.63) is 29.8 Å². The lowest BCUT2D eigenvalue weighted by Gasteiger charge is -2.41. The van der Waals surface area contributed by atoms with Crippen molar-refractivity contribution in [1.82, 2.24) is 0 Å². The number of thioether (sulfide) groups is 1. The highest BCUT2D eigenvalue weighted by atomic mass is 32.3. The van der Waals surface area contributed by atoms with Crippen LogP contribution in [-0.4, -0.2) is 52.5 Å². The van der Waals surface area contributed by atoms with E-state index in [1.54, 1.807) is 30.5 Å². The summed E-state index contributed by atoms with van der Waals surface area (Å²) in [5, 5.41) is -0.105. The number of aryl methyl sites for hydroxylation is 1. The third-order valence-electron chi connectivity index (χ3n) is 6.78. The Labute approximate surface area is 197 Å². The van der Waals surface area contributed by atoms with Crippen LogP contribution in [0.3, 0.4) is 0 Å². The minimum atomic E-state index is -3.78. The molecule has 1 aliphatic rings. The molecule has 0 aliphatic heterocycles. The van der Waals surface area contributed by atoms with E-state index in [2.05, 4.69) is 33.9 Å². The van der Waals surface area contributed by atoms with Gasteiger partial charge in [0.2, 0.25) is 0 Å². The number of hydrogen-bond donors (Lipinski definition) is 0. The van der Waals surface area contributed by atoms with Crippen molar-refractivity contribution in [1.29, 1.82) is 0 Å².